The van der Waals surface area contributed by atoms with Crippen molar-refractivity contribution < 1.29 is 37.7 Å². The van der Waals surface area contributed by atoms with Gasteiger partial charge in [0.05, 0.1) is 23.7 Å². The number of cyclic esters (lactones) is 1. The van der Waals surface area contributed by atoms with E-state index in [-0.39, 0.29) is 81.2 Å². The molecule has 2 aromatic carbocycles. The molecule has 2 aliphatic carbocycles. The number of benzene rings is 2. The van der Waals surface area contributed by atoms with E-state index >= 15 is 4.39 Å². The number of carbonyl (C=O) groups is 3. The summed E-state index contributed by atoms with van der Waals surface area (Å²) in [5, 5.41) is 0. The monoisotopic (exact) mass is 524 g/mol. The first kappa shape index (κ1) is 26.2. The highest BCUT2D eigenvalue weighted by molar-refractivity contribution is 6.05. The van der Waals surface area contributed by atoms with Crippen LogP contribution in [0.4, 0.5) is 4.39 Å². The van der Waals surface area contributed by atoms with Crippen LogP contribution in [-0.2, 0) is 16.1 Å². The zero-order valence-electron chi connectivity index (χ0n) is 22.4. The number of aryl methyl sites for hydroxylation is 1. The van der Waals surface area contributed by atoms with E-state index in [9.17, 15) is 14.4 Å². The van der Waals surface area contributed by atoms with Crippen molar-refractivity contribution in [1.29, 1.82) is 0 Å². The Hall–Kier alpha value is -3.42. The third-order valence-electron chi connectivity index (χ3n) is 8.50. The van der Waals surface area contributed by atoms with Crippen LogP contribution in [0.3, 0.4) is 0 Å². The molecule has 7 nitrogen and oxygen atoms in total. The van der Waals surface area contributed by atoms with Crippen LogP contribution >= 0.6 is 0 Å². The van der Waals surface area contributed by atoms with Crippen molar-refractivity contribution >= 4 is 17.7 Å². The number of hydrogen-bond acceptors (Lipinski definition) is 7. The van der Waals surface area contributed by atoms with Gasteiger partial charge in [-0.2, -0.15) is 0 Å². The first-order valence-corrected chi connectivity index (χ1v) is 13.2. The van der Waals surface area contributed by atoms with E-state index < -0.39 is 23.8 Å². The van der Waals surface area contributed by atoms with Crippen molar-refractivity contribution in [1.82, 2.24) is 0 Å². The minimum absolute atomic E-state index is 0.0154. The Balaban J connectivity index is 1.58. The smallest absolute Gasteiger partial charge is 0.346 e. The van der Waals surface area contributed by atoms with E-state index in [4.69, 9.17) is 18.9 Å². The highest BCUT2D eigenvalue weighted by atomic mass is 19.1. The van der Waals surface area contributed by atoms with Crippen LogP contribution in [0.15, 0.2) is 18.2 Å². The second kappa shape index (κ2) is 9.71. The lowest BCUT2D eigenvalue weighted by Gasteiger charge is -2.28. The normalized spacial score (nSPS) is 23.6. The van der Waals surface area contributed by atoms with Crippen LogP contribution in [0.2, 0.25) is 0 Å². The molecular formula is C30H33FO7. The summed E-state index contributed by atoms with van der Waals surface area (Å²) in [6.07, 6.45) is 4.24. The molecular weight excluding hydrogens is 491 g/mol. The maximum Gasteiger partial charge on any atom is 0.346 e. The van der Waals surface area contributed by atoms with Crippen LogP contribution in [0, 0.1) is 35.9 Å². The molecule has 3 aliphatic rings. The van der Waals surface area contributed by atoms with Gasteiger partial charge in [-0.1, -0.05) is 13.8 Å². The second-order valence-corrected chi connectivity index (χ2v) is 11.3. The van der Waals surface area contributed by atoms with Crippen molar-refractivity contribution in [2.24, 2.45) is 23.2 Å². The fourth-order valence-corrected chi connectivity index (χ4v) is 6.37. The standard InChI is InChI=1S/C30H33FO7/c1-15(2)12-21(32)19-10-11-22-24(27(19)35-5)28(33)36-14-20-25(31)16(3)13-23(26(20)37-22)38-29(34)30(4)17-6-7-18(30)9-8-17/h10-11,13,15,17-18H,6-9,12,14H2,1-5H3. The number of halogens is 1. The average molecular weight is 525 g/mol. The van der Waals surface area contributed by atoms with Crippen molar-refractivity contribution in [2.45, 2.75) is 66.4 Å². The minimum Gasteiger partial charge on any atom is -0.495 e. The van der Waals surface area contributed by atoms with Gasteiger partial charge in [-0.25, -0.2) is 9.18 Å². The van der Waals surface area contributed by atoms with Gasteiger partial charge in [0.15, 0.2) is 17.3 Å². The number of ether oxygens (including phenoxy) is 4. The molecule has 2 saturated carbocycles. The number of methoxy groups -OCH3 is 1. The van der Waals surface area contributed by atoms with E-state index in [2.05, 4.69) is 0 Å². The lowest BCUT2D eigenvalue weighted by molar-refractivity contribution is -0.147. The van der Waals surface area contributed by atoms with Gasteiger partial charge in [0.25, 0.3) is 0 Å². The van der Waals surface area contributed by atoms with Gasteiger partial charge in [0, 0.05) is 6.42 Å². The van der Waals surface area contributed by atoms with Gasteiger partial charge in [-0.05, 0) is 81.0 Å². The summed E-state index contributed by atoms with van der Waals surface area (Å²) in [4.78, 5) is 39.5. The number of Topliss-reactive ketones (excluding diaryl/α,β-unsaturated/α-hetero) is 1. The number of hydrogen-bond donors (Lipinski definition) is 0. The maximum atomic E-state index is 15.3. The molecule has 1 heterocycles. The lowest BCUT2D eigenvalue weighted by Crippen LogP contribution is -2.36. The molecule has 0 saturated heterocycles. The highest BCUT2D eigenvalue weighted by Gasteiger charge is 2.57. The maximum absolute atomic E-state index is 15.3. The molecule has 0 spiro atoms. The molecule has 0 N–H and O–H groups in total. The van der Waals surface area contributed by atoms with E-state index in [1.807, 2.05) is 20.8 Å². The van der Waals surface area contributed by atoms with Crippen molar-refractivity contribution in [3.63, 3.8) is 0 Å². The average Bonchev–Trinajstić information content (AvgIpc) is 3.37. The second-order valence-electron chi connectivity index (χ2n) is 11.3. The molecule has 5 rings (SSSR count). The van der Waals surface area contributed by atoms with E-state index in [1.165, 1.54) is 25.3 Å². The summed E-state index contributed by atoms with van der Waals surface area (Å²) in [6.45, 7) is 6.91. The molecule has 0 unspecified atom stereocenters. The molecule has 2 aromatic rings. The molecule has 202 valence electrons. The first-order chi connectivity index (χ1) is 18.1. The summed E-state index contributed by atoms with van der Waals surface area (Å²) in [6, 6.07) is 4.42. The van der Waals surface area contributed by atoms with Gasteiger partial charge in [0.1, 0.15) is 29.5 Å². The predicted octanol–water partition coefficient (Wildman–Crippen LogP) is 6.57. The molecule has 1 aliphatic heterocycles. The highest BCUT2D eigenvalue weighted by Crippen LogP contribution is 2.58. The molecule has 0 atom stereocenters. The van der Waals surface area contributed by atoms with Gasteiger partial charge in [0.2, 0.25) is 0 Å². The molecule has 0 radical (unpaired) electrons. The van der Waals surface area contributed by atoms with Crippen LogP contribution < -0.4 is 14.2 Å². The topological polar surface area (TPSA) is 88.1 Å². The quantitative estimate of drug-likeness (QED) is 0.240. The number of carbonyl (C=O) groups excluding carboxylic acids is 3. The van der Waals surface area contributed by atoms with Crippen LogP contribution in [0.5, 0.6) is 23.0 Å². The summed E-state index contributed by atoms with van der Waals surface area (Å²) < 4.78 is 38.3. The Morgan fingerprint density at radius 1 is 1.16 bits per heavy atom. The summed E-state index contributed by atoms with van der Waals surface area (Å²) in [5.74, 6) is -1.26. The van der Waals surface area contributed by atoms with Crippen molar-refractivity contribution in [3.05, 3.63) is 46.3 Å². The van der Waals surface area contributed by atoms with Crippen LogP contribution in [0.25, 0.3) is 0 Å². The Morgan fingerprint density at radius 2 is 1.82 bits per heavy atom. The van der Waals surface area contributed by atoms with E-state index in [1.54, 1.807) is 6.92 Å². The SMILES string of the molecule is COc1c(C(=O)CC(C)C)ccc2c1C(=O)OCc1c(F)c(C)cc(OC(=O)C3(C)C4CCC3CC4)c1O2. The van der Waals surface area contributed by atoms with E-state index in [0.29, 0.717) is 0 Å². The van der Waals surface area contributed by atoms with Gasteiger partial charge in [-0.15, -0.1) is 0 Å². The fourth-order valence-electron chi connectivity index (χ4n) is 6.37. The molecule has 2 bridgehead atoms. The van der Waals surface area contributed by atoms with Gasteiger partial charge < -0.3 is 18.9 Å². The molecule has 2 fully saturated rings. The molecule has 0 aromatic heterocycles. The first-order valence-electron chi connectivity index (χ1n) is 13.2. The van der Waals surface area contributed by atoms with E-state index in [0.717, 1.165) is 25.7 Å². The zero-order chi connectivity index (χ0) is 27.4. The number of fused-ring (bicyclic) bond motifs is 4. The Labute approximate surface area is 221 Å². The van der Waals surface area contributed by atoms with Gasteiger partial charge >= 0.3 is 11.9 Å². The fraction of sp³-hybridized carbons (Fsp3) is 0.500. The molecule has 38 heavy (non-hydrogen) atoms. The summed E-state index contributed by atoms with van der Waals surface area (Å²) >= 11 is 0. The zero-order valence-corrected chi connectivity index (χ0v) is 22.4. The predicted molar refractivity (Wildman–Crippen MR) is 136 cm³/mol. The Kier molecular flexibility index (Phi) is 6.70. The van der Waals surface area contributed by atoms with Gasteiger partial charge in [-0.3, -0.25) is 9.59 Å². The lowest BCUT2D eigenvalue weighted by atomic mass is 9.80. The van der Waals surface area contributed by atoms with Crippen molar-refractivity contribution in [3.8, 4) is 23.0 Å². The number of rotatable bonds is 6. The molecule has 0 amide bonds. The molecule has 8 heteroatoms. The third kappa shape index (κ3) is 4.14. The van der Waals surface area contributed by atoms with Crippen LogP contribution in [-0.4, -0.2) is 24.8 Å². The Morgan fingerprint density at radius 3 is 2.42 bits per heavy atom. The Bertz CT molecular complexity index is 1310. The third-order valence-corrected chi connectivity index (χ3v) is 8.50. The summed E-state index contributed by atoms with van der Waals surface area (Å²) in [7, 11) is 1.36. The summed E-state index contributed by atoms with van der Waals surface area (Å²) in [5.41, 5.74) is -0.237. The van der Waals surface area contributed by atoms with Crippen LogP contribution in [0.1, 0.15) is 84.7 Å². The number of ketones is 1. The number of esters is 2. The minimum atomic E-state index is -0.809. The van der Waals surface area contributed by atoms with Crippen molar-refractivity contribution in [2.75, 3.05) is 7.11 Å². The largest absolute Gasteiger partial charge is 0.495 e.